The van der Waals surface area contributed by atoms with Crippen LogP contribution >= 0.6 is 0 Å². The molecule has 2 N–H and O–H groups in total. The number of carbonyl (C=O) groups is 1. The van der Waals surface area contributed by atoms with Crippen molar-refractivity contribution >= 4 is 17.3 Å². The molecule has 33 heavy (non-hydrogen) atoms. The summed E-state index contributed by atoms with van der Waals surface area (Å²) in [5, 5.41) is 1.34. The maximum Gasteiger partial charge on any atom is 0.251 e. The Kier molecular flexibility index (Phi) is 5.29. The number of nitrogens with two attached hydrogens (primary N) is 1. The number of hydrazine groups is 1. The van der Waals surface area contributed by atoms with Crippen molar-refractivity contribution in [1.82, 2.24) is 0 Å². The number of ether oxygens (including phenoxy) is 3. The Morgan fingerprint density at radius 2 is 1.94 bits per heavy atom. The molecule has 7 heteroatoms. The molecule has 0 spiro atoms. The summed E-state index contributed by atoms with van der Waals surface area (Å²) in [4.78, 5) is 16.0. The molecule has 2 aliphatic heterocycles. The van der Waals surface area contributed by atoms with Crippen molar-refractivity contribution in [3.8, 4) is 11.5 Å². The van der Waals surface area contributed by atoms with Gasteiger partial charge in [0.15, 0.2) is 11.5 Å². The van der Waals surface area contributed by atoms with Crippen LogP contribution in [0, 0.1) is 5.41 Å². The van der Waals surface area contributed by atoms with Crippen molar-refractivity contribution in [2.75, 3.05) is 37.0 Å². The third-order valence-electron chi connectivity index (χ3n) is 7.28. The highest BCUT2D eigenvalue weighted by atomic mass is 16.7. The second kappa shape index (κ2) is 7.92. The van der Waals surface area contributed by atoms with E-state index in [1.54, 1.807) is 7.11 Å². The standard InChI is InChI=1S/C26H33N3O4/c1-25(2,3)23-14-17-13-19(6-7-20(17)28(23)11-12-31-4)29(27)24(30)26(9-10-26)18-5-8-21-22(15-18)33-16-32-21/h5-8,13,15,23H,9-12,14,16,27H2,1-4H3. The Bertz CT molecular complexity index is 1070. The van der Waals surface area contributed by atoms with Gasteiger partial charge in [0.1, 0.15) is 0 Å². The molecule has 0 saturated heterocycles. The van der Waals surface area contributed by atoms with Crippen LogP contribution in [0.3, 0.4) is 0 Å². The van der Waals surface area contributed by atoms with Crippen LogP contribution in [0.1, 0.15) is 44.7 Å². The van der Waals surface area contributed by atoms with Crippen LogP contribution in [0.5, 0.6) is 11.5 Å². The SMILES string of the molecule is COCCN1c2ccc(N(N)C(=O)C3(c4ccc5c(c4)OCO5)CC3)cc2CC1C(C)(C)C. The van der Waals surface area contributed by atoms with Gasteiger partial charge in [0, 0.05) is 25.4 Å². The molecule has 2 aromatic rings. The van der Waals surface area contributed by atoms with Crippen molar-refractivity contribution < 1.29 is 19.0 Å². The predicted octanol–water partition coefficient (Wildman–Crippen LogP) is 3.78. The van der Waals surface area contributed by atoms with Gasteiger partial charge in [-0.2, -0.15) is 0 Å². The molecule has 0 aromatic heterocycles. The molecule has 1 fully saturated rings. The molecular weight excluding hydrogens is 418 g/mol. The highest BCUT2D eigenvalue weighted by Crippen LogP contribution is 2.52. The molecule has 3 aliphatic rings. The van der Waals surface area contributed by atoms with Crippen LogP contribution in [0.2, 0.25) is 0 Å². The Hall–Kier alpha value is -2.77. The average Bonchev–Trinajstić information content (AvgIpc) is 3.31. The zero-order valence-corrected chi connectivity index (χ0v) is 19.9. The largest absolute Gasteiger partial charge is 0.454 e. The van der Waals surface area contributed by atoms with Crippen molar-refractivity contribution in [3.63, 3.8) is 0 Å². The zero-order chi connectivity index (χ0) is 23.4. The molecule has 0 radical (unpaired) electrons. The molecule has 1 saturated carbocycles. The normalized spacial score (nSPS) is 20.0. The minimum absolute atomic E-state index is 0.0806. The third-order valence-corrected chi connectivity index (χ3v) is 7.28. The molecule has 176 valence electrons. The summed E-state index contributed by atoms with van der Waals surface area (Å²) < 4.78 is 16.3. The van der Waals surface area contributed by atoms with E-state index < -0.39 is 5.41 Å². The van der Waals surface area contributed by atoms with E-state index in [4.69, 9.17) is 20.1 Å². The quantitative estimate of drug-likeness (QED) is 0.409. The lowest BCUT2D eigenvalue weighted by Crippen LogP contribution is -2.44. The van der Waals surface area contributed by atoms with Gasteiger partial charge < -0.3 is 19.1 Å². The second-order valence-electron chi connectivity index (χ2n) is 10.4. The summed E-state index contributed by atoms with van der Waals surface area (Å²) in [5.74, 6) is 7.77. The Balaban J connectivity index is 1.40. The maximum absolute atomic E-state index is 13.6. The van der Waals surface area contributed by atoms with Crippen LogP contribution in [-0.4, -0.2) is 39.0 Å². The Morgan fingerprint density at radius 1 is 1.18 bits per heavy atom. The van der Waals surface area contributed by atoms with E-state index in [-0.39, 0.29) is 18.1 Å². The lowest BCUT2D eigenvalue weighted by Gasteiger charge is -2.36. The molecule has 1 amide bonds. The Labute approximate surface area is 195 Å². The summed E-state index contributed by atoms with van der Waals surface area (Å²) in [7, 11) is 1.73. The lowest BCUT2D eigenvalue weighted by atomic mass is 9.84. The summed E-state index contributed by atoms with van der Waals surface area (Å²) in [6.07, 6.45) is 2.48. The smallest absolute Gasteiger partial charge is 0.251 e. The molecule has 1 unspecified atom stereocenters. The van der Waals surface area contributed by atoms with Crippen molar-refractivity contribution in [2.24, 2.45) is 11.3 Å². The van der Waals surface area contributed by atoms with Gasteiger partial charge >= 0.3 is 0 Å². The topological polar surface area (TPSA) is 77.3 Å². The minimum atomic E-state index is -0.590. The van der Waals surface area contributed by atoms with E-state index in [1.165, 1.54) is 16.3 Å². The number of hydrogen-bond acceptors (Lipinski definition) is 6. The van der Waals surface area contributed by atoms with Gasteiger partial charge in [0.05, 0.1) is 17.7 Å². The molecule has 1 atom stereocenters. The number of carbonyl (C=O) groups excluding carboxylic acids is 1. The van der Waals surface area contributed by atoms with Gasteiger partial charge in [-0.05, 0) is 66.1 Å². The molecule has 1 aliphatic carbocycles. The number of amides is 1. The molecule has 5 rings (SSSR count). The number of fused-ring (bicyclic) bond motifs is 2. The predicted molar refractivity (Wildman–Crippen MR) is 128 cm³/mol. The van der Waals surface area contributed by atoms with E-state index in [1.807, 2.05) is 24.3 Å². The van der Waals surface area contributed by atoms with Crippen molar-refractivity contribution in [2.45, 2.75) is 51.5 Å². The number of hydrogen-bond donors (Lipinski definition) is 1. The highest BCUT2D eigenvalue weighted by Gasteiger charge is 2.53. The summed E-state index contributed by atoms with van der Waals surface area (Å²) in [5.41, 5.74) is 3.61. The number of anilines is 2. The van der Waals surface area contributed by atoms with Crippen LogP contribution in [0.15, 0.2) is 36.4 Å². The maximum atomic E-state index is 13.6. The van der Waals surface area contributed by atoms with E-state index in [2.05, 4.69) is 37.8 Å². The lowest BCUT2D eigenvalue weighted by molar-refractivity contribution is -0.121. The fourth-order valence-electron chi connectivity index (χ4n) is 5.18. The van der Waals surface area contributed by atoms with E-state index >= 15 is 0 Å². The van der Waals surface area contributed by atoms with Gasteiger partial charge in [-0.1, -0.05) is 26.8 Å². The molecule has 0 bridgehead atoms. The molecule has 7 nitrogen and oxygen atoms in total. The van der Waals surface area contributed by atoms with Crippen LogP contribution in [-0.2, 0) is 21.4 Å². The molecule has 2 heterocycles. The zero-order valence-electron chi connectivity index (χ0n) is 19.9. The summed E-state index contributed by atoms with van der Waals surface area (Å²) in [6.45, 7) is 8.53. The van der Waals surface area contributed by atoms with Crippen molar-refractivity contribution in [3.05, 3.63) is 47.5 Å². The second-order valence-corrected chi connectivity index (χ2v) is 10.4. The first kappa shape index (κ1) is 22.0. The number of benzene rings is 2. The summed E-state index contributed by atoms with van der Waals surface area (Å²) in [6, 6.07) is 12.2. The van der Waals surface area contributed by atoms with Crippen LogP contribution < -0.4 is 25.2 Å². The van der Waals surface area contributed by atoms with Crippen molar-refractivity contribution in [1.29, 1.82) is 0 Å². The fraction of sp³-hybridized carbons (Fsp3) is 0.500. The number of rotatable bonds is 6. The fourth-order valence-corrected chi connectivity index (χ4v) is 5.18. The van der Waals surface area contributed by atoms with Gasteiger partial charge in [-0.3, -0.25) is 4.79 Å². The van der Waals surface area contributed by atoms with E-state index in [9.17, 15) is 4.79 Å². The molecular formula is C26H33N3O4. The van der Waals surface area contributed by atoms with Gasteiger partial charge in [-0.15, -0.1) is 0 Å². The van der Waals surface area contributed by atoms with Crippen LogP contribution in [0.25, 0.3) is 0 Å². The Morgan fingerprint density at radius 3 is 2.64 bits per heavy atom. The summed E-state index contributed by atoms with van der Waals surface area (Å²) >= 11 is 0. The first-order valence-electron chi connectivity index (χ1n) is 11.6. The van der Waals surface area contributed by atoms with E-state index in [0.717, 1.165) is 42.8 Å². The van der Waals surface area contributed by atoms with Gasteiger partial charge in [0.25, 0.3) is 5.91 Å². The third kappa shape index (κ3) is 3.73. The van der Waals surface area contributed by atoms with Crippen LogP contribution in [0.4, 0.5) is 11.4 Å². The van der Waals surface area contributed by atoms with Gasteiger partial charge in [-0.25, -0.2) is 10.9 Å². The number of nitrogens with zero attached hydrogens (tertiary/aromatic N) is 2. The first-order chi connectivity index (χ1) is 15.7. The highest BCUT2D eigenvalue weighted by molar-refractivity contribution is 6.02. The van der Waals surface area contributed by atoms with E-state index in [0.29, 0.717) is 18.4 Å². The average molecular weight is 452 g/mol. The monoisotopic (exact) mass is 451 g/mol. The van der Waals surface area contributed by atoms with Gasteiger partial charge in [0.2, 0.25) is 6.79 Å². The molecule has 2 aromatic carbocycles. The minimum Gasteiger partial charge on any atom is -0.454 e. The first-order valence-corrected chi connectivity index (χ1v) is 11.6. The number of methoxy groups -OCH3 is 1.